The van der Waals surface area contributed by atoms with Crippen molar-refractivity contribution >= 4 is 15.5 Å². The number of hydrogen-bond acceptors (Lipinski definition) is 4. The van der Waals surface area contributed by atoms with Gasteiger partial charge in [-0.1, -0.05) is 44.2 Å². The molecule has 2 aromatic rings. The highest BCUT2D eigenvalue weighted by Gasteiger charge is 2.42. The van der Waals surface area contributed by atoms with E-state index in [4.69, 9.17) is 0 Å². The molecule has 2 aromatic carbocycles. The van der Waals surface area contributed by atoms with E-state index in [1.807, 2.05) is 6.07 Å². The van der Waals surface area contributed by atoms with Crippen molar-refractivity contribution in [1.29, 1.82) is 0 Å². The van der Waals surface area contributed by atoms with Crippen molar-refractivity contribution in [2.45, 2.75) is 43.2 Å². The van der Waals surface area contributed by atoms with Gasteiger partial charge in [0.2, 0.25) is 0 Å². The molecule has 5 heteroatoms. The minimum Gasteiger partial charge on any atom is -0.387 e. The molecule has 0 aliphatic carbocycles. The molecule has 0 spiro atoms. The molecule has 134 valence electrons. The van der Waals surface area contributed by atoms with Crippen LogP contribution in [0.25, 0.3) is 0 Å². The van der Waals surface area contributed by atoms with Crippen LogP contribution in [0.1, 0.15) is 38.0 Å². The normalized spacial score (nSPS) is 20.4. The maximum Gasteiger partial charge on any atom is 0.175 e. The van der Waals surface area contributed by atoms with E-state index in [2.05, 4.69) is 43.9 Å². The Labute approximate surface area is 150 Å². The molecule has 0 saturated carbocycles. The summed E-state index contributed by atoms with van der Waals surface area (Å²) in [6.45, 7) is 7.10. The first-order chi connectivity index (χ1) is 11.6. The van der Waals surface area contributed by atoms with Gasteiger partial charge in [0.1, 0.15) is 0 Å². The minimum atomic E-state index is -3.22. The van der Waals surface area contributed by atoms with E-state index < -0.39 is 15.9 Å². The van der Waals surface area contributed by atoms with E-state index in [1.54, 1.807) is 24.3 Å². The Morgan fingerprint density at radius 3 is 2.32 bits per heavy atom. The van der Waals surface area contributed by atoms with Gasteiger partial charge < -0.3 is 10.0 Å². The summed E-state index contributed by atoms with van der Waals surface area (Å²) in [7, 11) is -3.22. The van der Waals surface area contributed by atoms with Crippen LogP contribution >= 0.6 is 0 Å². The van der Waals surface area contributed by atoms with Crippen LogP contribution < -0.4 is 4.90 Å². The zero-order chi connectivity index (χ0) is 18.4. The fourth-order valence-electron chi connectivity index (χ4n) is 3.58. The second kappa shape index (κ2) is 6.15. The fraction of sp³-hybridized carbons (Fsp3) is 0.400. The van der Waals surface area contributed by atoms with Crippen LogP contribution in [0.2, 0.25) is 0 Å². The molecule has 0 radical (unpaired) electrons. The Morgan fingerprint density at radius 2 is 1.72 bits per heavy atom. The van der Waals surface area contributed by atoms with Gasteiger partial charge in [-0.2, -0.15) is 0 Å². The molecule has 4 nitrogen and oxygen atoms in total. The van der Waals surface area contributed by atoms with Gasteiger partial charge in [0.25, 0.3) is 0 Å². The van der Waals surface area contributed by atoms with E-state index in [0.717, 1.165) is 11.3 Å². The number of anilines is 1. The van der Waals surface area contributed by atoms with E-state index in [0.29, 0.717) is 6.54 Å². The molecule has 25 heavy (non-hydrogen) atoms. The van der Waals surface area contributed by atoms with Crippen LogP contribution in [0.5, 0.6) is 0 Å². The molecular weight excluding hydrogens is 334 g/mol. The van der Waals surface area contributed by atoms with E-state index in [1.165, 1.54) is 11.8 Å². The lowest BCUT2D eigenvalue weighted by Crippen LogP contribution is -2.41. The zero-order valence-corrected chi connectivity index (χ0v) is 15.9. The number of nitrogens with zero attached hydrogens (tertiary/aromatic N) is 1. The molecule has 1 aliphatic rings. The largest absolute Gasteiger partial charge is 0.387 e. The lowest BCUT2D eigenvalue weighted by atomic mass is 9.81. The molecule has 0 fully saturated rings. The predicted molar refractivity (Wildman–Crippen MR) is 101 cm³/mol. The van der Waals surface area contributed by atoms with Crippen molar-refractivity contribution in [3.63, 3.8) is 0 Å². The molecule has 0 amide bonds. The number of aliphatic hydroxyl groups is 1. The lowest BCUT2D eigenvalue weighted by Gasteiger charge is -2.33. The first-order valence-corrected chi connectivity index (χ1v) is 10.4. The third kappa shape index (κ3) is 3.18. The Hall–Kier alpha value is -1.85. The summed E-state index contributed by atoms with van der Waals surface area (Å²) < 4.78 is 23.1. The van der Waals surface area contributed by atoms with Gasteiger partial charge in [0.05, 0.1) is 11.0 Å². The summed E-state index contributed by atoms with van der Waals surface area (Å²) >= 11 is 0. The minimum absolute atomic E-state index is 0.0104. The number of rotatable bonds is 4. The molecule has 0 saturated heterocycles. The first kappa shape index (κ1) is 18.0. The molecule has 1 N–H and O–H groups in total. The fourth-order valence-corrected chi connectivity index (χ4v) is 4.21. The van der Waals surface area contributed by atoms with Crippen molar-refractivity contribution in [1.82, 2.24) is 0 Å². The number of para-hydroxylation sites is 1. The number of β-amino-alcohol motifs (C(OH)–C–C–N with tert-alkyl or cyclic N) is 1. The highest BCUT2D eigenvalue weighted by molar-refractivity contribution is 7.90. The summed E-state index contributed by atoms with van der Waals surface area (Å²) in [6, 6.07) is 15.1. The van der Waals surface area contributed by atoms with Gasteiger partial charge in [-0.25, -0.2) is 8.42 Å². The third-order valence-corrected chi connectivity index (χ3v) is 6.61. The van der Waals surface area contributed by atoms with Crippen molar-refractivity contribution in [2.24, 2.45) is 0 Å². The van der Waals surface area contributed by atoms with Crippen LogP contribution in [0.3, 0.4) is 0 Å². The standard InChI is InChI=1S/C20H25NO3S/c1-14-20(2,3)17-7-5-6-8-18(17)21(14)13-19(22)15-9-11-16(12-10-15)25(4,23)24/h5-12,14,19,22H,13H2,1-4H3. The summed E-state index contributed by atoms with van der Waals surface area (Å²) in [5.41, 5.74) is 3.19. The van der Waals surface area contributed by atoms with Crippen LogP contribution in [-0.2, 0) is 15.3 Å². The summed E-state index contributed by atoms with van der Waals surface area (Å²) in [5.74, 6) is 0. The average Bonchev–Trinajstić information content (AvgIpc) is 2.75. The maximum absolute atomic E-state index is 11.6. The monoisotopic (exact) mass is 359 g/mol. The SMILES string of the molecule is CC1N(CC(O)c2ccc(S(C)(=O)=O)cc2)c2ccccc2C1(C)C. The zero-order valence-electron chi connectivity index (χ0n) is 15.1. The van der Waals surface area contributed by atoms with E-state index in [9.17, 15) is 13.5 Å². The second-order valence-corrected chi connectivity index (χ2v) is 9.44. The Balaban J connectivity index is 1.85. The average molecular weight is 359 g/mol. The van der Waals surface area contributed by atoms with Gasteiger partial charge in [-0.15, -0.1) is 0 Å². The summed E-state index contributed by atoms with van der Waals surface area (Å²) in [4.78, 5) is 2.51. The lowest BCUT2D eigenvalue weighted by molar-refractivity contribution is 0.179. The number of fused-ring (bicyclic) bond motifs is 1. The number of aliphatic hydroxyl groups excluding tert-OH is 1. The van der Waals surface area contributed by atoms with Crippen LogP contribution in [0.4, 0.5) is 5.69 Å². The highest BCUT2D eigenvalue weighted by atomic mass is 32.2. The van der Waals surface area contributed by atoms with Crippen molar-refractivity contribution in [2.75, 3.05) is 17.7 Å². The summed E-state index contributed by atoms with van der Waals surface area (Å²) in [5, 5.41) is 10.7. The van der Waals surface area contributed by atoms with Crippen LogP contribution in [-0.4, -0.2) is 32.4 Å². The highest BCUT2D eigenvalue weighted by Crippen LogP contribution is 2.45. The quantitative estimate of drug-likeness (QED) is 0.910. The Morgan fingerprint density at radius 1 is 1.12 bits per heavy atom. The number of sulfone groups is 1. The Kier molecular flexibility index (Phi) is 4.41. The maximum atomic E-state index is 11.6. The predicted octanol–water partition coefficient (Wildman–Crippen LogP) is 3.31. The first-order valence-electron chi connectivity index (χ1n) is 8.46. The van der Waals surface area contributed by atoms with E-state index >= 15 is 0 Å². The molecule has 2 atom stereocenters. The van der Waals surface area contributed by atoms with Gasteiger partial charge >= 0.3 is 0 Å². The number of benzene rings is 2. The van der Waals surface area contributed by atoms with Crippen LogP contribution in [0.15, 0.2) is 53.4 Å². The smallest absolute Gasteiger partial charge is 0.175 e. The molecule has 2 unspecified atom stereocenters. The van der Waals surface area contributed by atoms with Gasteiger partial charge in [0.15, 0.2) is 9.84 Å². The van der Waals surface area contributed by atoms with Crippen LogP contribution in [0, 0.1) is 0 Å². The van der Waals surface area contributed by atoms with E-state index in [-0.39, 0.29) is 16.4 Å². The molecular formula is C20H25NO3S. The molecule has 1 aliphatic heterocycles. The molecule has 0 aromatic heterocycles. The third-order valence-electron chi connectivity index (χ3n) is 5.48. The van der Waals surface area contributed by atoms with Gasteiger partial charge in [-0.05, 0) is 36.2 Å². The van der Waals surface area contributed by atoms with Crippen molar-refractivity contribution in [3.05, 3.63) is 59.7 Å². The molecule has 0 bridgehead atoms. The second-order valence-electron chi connectivity index (χ2n) is 7.42. The van der Waals surface area contributed by atoms with Crippen molar-refractivity contribution in [3.8, 4) is 0 Å². The van der Waals surface area contributed by atoms with Gasteiger partial charge in [-0.3, -0.25) is 0 Å². The molecule has 3 rings (SSSR count). The molecule has 1 heterocycles. The topological polar surface area (TPSA) is 57.6 Å². The summed E-state index contributed by atoms with van der Waals surface area (Å²) in [6.07, 6.45) is 0.501. The Bertz CT molecular complexity index is 872. The number of hydrogen-bond donors (Lipinski definition) is 1. The van der Waals surface area contributed by atoms with Gasteiger partial charge in [0, 0.05) is 29.9 Å². The van der Waals surface area contributed by atoms with Crippen molar-refractivity contribution < 1.29 is 13.5 Å².